The van der Waals surface area contributed by atoms with Gasteiger partial charge >= 0.3 is 20.6 Å². The second-order valence-electron chi connectivity index (χ2n) is 6.13. The molecule has 1 fully saturated rings. The first-order valence-corrected chi connectivity index (χ1v) is 14.0. The number of carbonyl (C=O) groups is 4. The zero-order valence-corrected chi connectivity index (χ0v) is 20.9. The topological polar surface area (TPSA) is 251 Å². The van der Waals surface area contributed by atoms with Gasteiger partial charge in [-0.25, -0.2) is 9.71 Å². The Labute approximate surface area is 210 Å². The Bertz CT molecular complexity index is 1230. The van der Waals surface area contributed by atoms with Gasteiger partial charge in [-0.2, -0.15) is 21.1 Å². The number of aromatic nitrogens is 1. The van der Waals surface area contributed by atoms with E-state index in [9.17, 15) is 36.0 Å². The van der Waals surface area contributed by atoms with Crippen LogP contribution >= 0.6 is 34.7 Å². The summed E-state index contributed by atoms with van der Waals surface area (Å²) in [7, 11) is -9.93. The van der Waals surface area contributed by atoms with Crippen molar-refractivity contribution in [3.8, 4) is 0 Å². The lowest BCUT2D eigenvalue weighted by atomic mass is 10.1. The van der Waals surface area contributed by atoms with Gasteiger partial charge in [0, 0.05) is 5.38 Å². The van der Waals surface area contributed by atoms with E-state index in [1.807, 2.05) is 0 Å². The number of β-lactam (4-membered cyclic amide) rings is 1. The van der Waals surface area contributed by atoms with E-state index in [1.54, 1.807) is 0 Å². The molecule has 1 aromatic rings. The summed E-state index contributed by atoms with van der Waals surface area (Å²) in [5.41, 5.74) is 0.357. The maximum absolute atomic E-state index is 12.0. The van der Waals surface area contributed by atoms with Gasteiger partial charge in [-0.05, 0) is 0 Å². The van der Waals surface area contributed by atoms with E-state index in [0.717, 1.165) is 11.3 Å². The summed E-state index contributed by atoms with van der Waals surface area (Å²) in [6, 6.07) is -1.54. The second kappa shape index (κ2) is 11.9. The number of alkyl halides is 1. The Kier molecular flexibility index (Phi) is 9.76. The number of amides is 4. The molecule has 22 heteroatoms. The number of thiazole rings is 1. The number of thioether (sulfide) groups is 1. The van der Waals surface area contributed by atoms with Crippen molar-refractivity contribution in [1.82, 2.24) is 19.3 Å². The van der Waals surface area contributed by atoms with Gasteiger partial charge in [-0.3, -0.25) is 28.3 Å². The van der Waals surface area contributed by atoms with E-state index >= 15 is 0 Å². The third-order valence-electron chi connectivity index (χ3n) is 3.55. The molecular weight excluding hydrogens is 580 g/mol. The average molecular weight is 595 g/mol. The van der Waals surface area contributed by atoms with Crippen LogP contribution in [0.1, 0.15) is 5.69 Å². The second-order valence-corrected chi connectivity index (χ2v) is 10.8. The van der Waals surface area contributed by atoms with Gasteiger partial charge in [0.05, 0.1) is 11.4 Å². The Hall–Kier alpha value is -2.56. The largest absolute Gasteiger partial charge is 0.389 e. The molecule has 1 aliphatic rings. The van der Waals surface area contributed by atoms with Crippen LogP contribution in [0.3, 0.4) is 0 Å². The number of carbonyl (C=O) groups excluding carboxylic acids is 4. The van der Waals surface area contributed by atoms with Crippen molar-refractivity contribution in [3.63, 3.8) is 0 Å². The molecule has 17 nitrogen and oxygen atoms in total. The van der Waals surface area contributed by atoms with Crippen LogP contribution < -0.4 is 15.4 Å². The van der Waals surface area contributed by atoms with Crippen molar-refractivity contribution in [1.29, 1.82) is 0 Å². The summed E-state index contributed by atoms with van der Waals surface area (Å²) in [5, 5.41) is 8.15. The maximum atomic E-state index is 12.0. The predicted octanol–water partition coefficient (Wildman–Crippen LogP) is -2.07. The fraction of sp³-hybridized carbons (Fsp3) is 0.385. The van der Waals surface area contributed by atoms with Gasteiger partial charge in [-0.1, -0.05) is 5.16 Å². The average Bonchev–Trinajstić information content (AvgIpc) is 3.16. The smallest absolute Gasteiger partial charge is 0.363 e. The Morgan fingerprint density at radius 3 is 2.57 bits per heavy atom. The number of halogens is 1. The highest BCUT2D eigenvalue weighted by Gasteiger charge is 2.54. The minimum absolute atomic E-state index is 0.0280. The lowest BCUT2D eigenvalue weighted by molar-refractivity contribution is -0.141. The first kappa shape index (κ1) is 28.7. The molecule has 2 heterocycles. The number of oxime groups is 1. The van der Waals surface area contributed by atoms with Gasteiger partial charge in [0.25, 0.3) is 11.8 Å². The zero-order chi connectivity index (χ0) is 26.4. The molecule has 0 radical (unpaired) electrons. The van der Waals surface area contributed by atoms with Crippen molar-refractivity contribution >= 4 is 90.3 Å². The minimum atomic E-state index is -5.06. The van der Waals surface area contributed by atoms with Crippen molar-refractivity contribution in [2.24, 2.45) is 5.16 Å². The van der Waals surface area contributed by atoms with Crippen molar-refractivity contribution in [3.05, 3.63) is 11.1 Å². The molecule has 0 saturated carbocycles. The summed E-state index contributed by atoms with van der Waals surface area (Å²) in [4.78, 5) is 55.6. The van der Waals surface area contributed by atoms with E-state index in [0.29, 0.717) is 23.7 Å². The standard InChI is InChI=1S/C13H15ClN6O11S4/c14-1-7(21)18-13-16-6(4-33-13)3-31-15-2-8(22)17-10-11(24)20(35(28,29)30)12(10)32-5-9(23)19-34(25,26)27/h2,4,10,12H,1,3,5H2,(H,17,22)(H,19,23)(H,16,18,21)(H,25,26,27)(H,28,29,30)/t10-,12+/m1/s1. The summed E-state index contributed by atoms with van der Waals surface area (Å²) in [6.07, 6.45) is 0.610. The van der Waals surface area contributed by atoms with Crippen LogP contribution in [0.2, 0.25) is 0 Å². The van der Waals surface area contributed by atoms with Crippen LogP contribution in [0.25, 0.3) is 0 Å². The number of anilines is 1. The quantitative estimate of drug-likeness (QED) is 0.0574. The van der Waals surface area contributed by atoms with Crippen molar-refractivity contribution in [2.75, 3.05) is 16.9 Å². The van der Waals surface area contributed by atoms with Crippen LogP contribution in [0.4, 0.5) is 5.13 Å². The molecule has 2 atom stereocenters. The number of hydrogen-bond acceptors (Lipinski definition) is 13. The zero-order valence-electron chi connectivity index (χ0n) is 16.9. The van der Waals surface area contributed by atoms with Crippen LogP contribution in [0.5, 0.6) is 0 Å². The highest BCUT2D eigenvalue weighted by Crippen LogP contribution is 2.32. The highest BCUT2D eigenvalue weighted by atomic mass is 35.5. The predicted molar refractivity (Wildman–Crippen MR) is 121 cm³/mol. The van der Waals surface area contributed by atoms with Gasteiger partial charge in [-0.15, -0.1) is 34.7 Å². The molecule has 1 aliphatic heterocycles. The Balaban J connectivity index is 1.91. The van der Waals surface area contributed by atoms with Gasteiger partial charge < -0.3 is 15.5 Å². The molecule has 0 bridgehead atoms. The van der Waals surface area contributed by atoms with Crippen LogP contribution in [0, 0.1) is 0 Å². The van der Waals surface area contributed by atoms with Crippen LogP contribution in [-0.4, -0.2) is 88.1 Å². The SMILES string of the molecule is O=C(C=NOCc1csc(NC(=O)CCl)n1)N[C@@H]1C(=O)N(S(=O)(=O)O)[C@H]1SCC(=O)NS(=O)(=O)O. The molecule has 2 rings (SSSR count). The fourth-order valence-electron chi connectivity index (χ4n) is 2.28. The molecule has 0 aliphatic carbocycles. The first-order chi connectivity index (χ1) is 16.2. The lowest BCUT2D eigenvalue weighted by Gasteiger charge is -2.43. The molecule has 35 heavy (non-hydrogen) atoms. The van der Waals surface area contributed by atoms with E-state index in [4.69, 9.17) is 25.5 Å². The minimum Gasteiger partial charge on any atom is -0.389 e. The number of nitrogens with one attached hydrogen (secondary N) is 3. The van der Waals surface area contributed by atoms with E-state index in [1.165, 1.54) is 10.1 Å². The molecule has 1 aromatic heterocycles. The van der Waals surface area contributed by atoms with Gasteiger partial charge in [0.2, 0.25) is 11.8 Å². The third kappa shape index (κ3) is 8.87. The van der Waals surface area contributed by atoms with Crippen molar-refractivity contribution < 1.29 is 50.0 Å². The molecule has 4 amide bonds. The van der Waals surface area contributed by atoms with E-state index in [-0.39, 0.29) is 21.9 Å². The number of hydrogen-bond donors (Lipinski definition) is 5. The van der Waals surface area contributed by atoms with Crippen molar-refractivity contribution in [2.45, 2.75) is 18.0 Å². The third-order valence-corrected chi connectivity index (χ3v) is 7.38. The normalized spacial score (nSPS) is 18.1. The molecule has 194 valence electrons. The monoisotopic (exact) mass is 594 g/mol. The van der Waals surface area contributed by atoms with E-state index in [2.05, 4.69) is 20.8 Å². The number of nitrogens with zero attached hydrogens (tertiary/aromatic N) is 3. The summed E-state index contributed by atoms with van der Waals surface area (Å²) < 4.78 is 62.9. The fourth-order valence-corrected chi connectivity index (χ4v) is 5.75. The molecule has 5 N–H and O–H groups in total. The molecule has 1 saturated heterocycles. The van der Waals surface area contributed by atoms with Crippen LogP contribution in [-0.2, 0) is 51.2 Å². The van der Waals surface area contributed by atoms with Gasteiger partial charge in [0.1, 0.15) is 23.5 Å². The highest BCUT2D eigenvalue weighted by molar-refractivity contribution is 8.01. The molecular formula is C13H15ClN6O11S4. The molecule has 0 unspecified atom stereocenters. The number of rotatable bonds is 12. The molecule has 0 spiro atoms. The molecule has 0 aromatic carbocycles. The van der Waals surface area contributed by atoms with E-state index < -0.39 is 61.4 Å². The summed E-state index contributed by atoms with van der Waals surface area (Å²) in [5.74, 6) is -5.00. The summed E-state index contributed by atoms with van der Waals surface area (Å²) >= 11 is 6.82. The maximum Gasteiger partial charge on any atom is 0.363 e. The Morgan fingerprint density at radius 1 is 1.29 bits per heavy atom. The van der Waals surface area contributed by atoms with Crippen LogP contribution in [0.15, 0.2) is 10.5 Å². The van der Waals surface area contributed by atoms with Gasteiger partial charge in [0.15, 0.2) is 11.7 Å². The lowest BCUT2D eigenvalue weighted by Crippen LogP contribution is -2.70. The first-order valence-electron chi connectivity index (χ1n) is 8.67. The summed E-state index contributed by atoms with van der Waals surface area (Å²) in [6.45, 7) is -0.197. The Morgan fingerprint density at radius 2 is 1.97 bits per heavy atom.